The molecule has 0 aromatic carbocycles. The van der Waals surface area contributed by atoms with Crippen molar-refractivity contribution in [3.8, 4) is 0 Å². The summed E-state index contributed by atoms with van der Waals surface area (Å²) < 4.78 is 5.80. The van der Waals surface area contributed by atoms with Crippen molar-refractivity contribution in [3.05, 3.63) is 46.9 Å². The van der Waals surface area contributed by atoms with Crippen LogP contribution in [-0.2, 0) is 11.2 Å². The summed E-state index contributed by atoms with van der Waals surface area (Å²) in [4.78, 5) is 4.07. The number of aryl methyl sites for hydroxylation is 1. The third-order valence-corrected chi connectivity index (χ3v) is 5.03. The number of nitrogens with two attached hydrogens (primary N) is 1. The van der Waals surface area contributed by atoms with Crippen molar-refractivity contribution in [1.82, 2.24) is 10.3 Å². The Morgan fingerprint density at radius 2 is 1.96 bits per heavy atom. The molecule has 0 aliphatic carbocycles. The van der Waals surface area contributed by atoms with Gasteiger partial charge in [0.1, 0.15) is 5.82 Å². The van der Waals surface area contributed by atoms with E-state index in [1.54, 1.807) is 6.07 Å². The molecule has 2 rings (SSSR count). The number of pyridine rings is 1. The summed E-state index contributed by atoms with van der Waals surface area (Å²) in [6, 6.07) is 5.68. The van der Waals surface area contributed by atoms with Gasteiger partial charge in [0.25, 0.3) is 0 Å². The van der Waals surface area contributed by atoms with E-state index >= 15 is 0 Å². The lowest BCUT2D eigenvalue weighted by atomic mass is 9.99. The standard InChI is InChI=1S/C14H26NOP.C7H10N2.C2H6/c1-3-4-5-14(17)12(2)10-16-11-13-6-8-15-9-7-13;1-2-6-4-3-5-7(8)9-6;1-2/h4-5,13,15H,3,6-11,17H2,1-2H3;3-5H,2H2,1H3,(H2,8,9);1-2H3/b5-4-,14-12-;;. The summed E-state index contributed by atoms with van der Waals surface area (Å²) in [5.74, 6) is 1.36. The van der Waals surface area contributed by atoms with Crippen LogP contribution >= 0.6 is 9.24 Å². The second-order valence-corrected chi connectivity index (χ2v) is 7.28. The molecule has 0 radical (unpaired) electrons. The molecule has 1 unspecified atom stereocenters. The first kappa shape index (κ1) is 26.8. The molecular formula is C23H42N3OP. The van der Waals surface area contributed by atoms with Crippen molar-refractivity contribution in [3.63, 3.8) is 0 Å². The van der Waals surface area contributed by atoms with Crippen LogP contribution in [-0.4, -0.2) is 31.3 Å². The van der Waals surface area contributed by atoms with Crippen LogP contribution < -0.4 is 11.1 Å². The van der Waals surface area contributed by atoms with E-state index in [-0.39, 0.29) is 0 Å². The minimum atomic E-state index is 0.606. The highest BCUT2D eigenvalue weighted by molar-refractivity contribution is 7.23. The van der Waals surface area contributed by atoms with Crippen molar-refractivity contribution in [2.45, 2.75) is 60.3 Å². The third kappa shape index (κ3) is 13.0. The van der Waals surface area contributed by atoms with Crippen LogP contribution in [0.25, 0.3) is 0 Å². The number of rotatable bonds is 7. The second-order valence-electron chi connectivity index (χ2n) is 6.66. The first-order valence-electron chi connectivity index (χ1n) is 10.7. The summed E-state index contributed by atoms with van der Waals surface area (Å²) in [6.07, 6.45) is 8.89. The number of nitrogens with one attached hydrogen (secondary N) is 1. The minimum absolute atomic E-state index is 0.606. The van der Waals surface area contributed by atoms with E-state index in [9.17, 15) is 0 Å². The zero-order valence-electron chi connectivity index (χ0n) is 18.6. The molecule has 0 spiro atoms. The highest BCUT2D eigenvalue weighted by Gasteiger charge is 2.12. The number of hydrogen-bond donors (Lipinski definition) is 2. The average Bonchev–Trinajstić information content (AvgIpc) is 2.74. The molecule has 0 saturated carbocycles. The van der Waals surface area contributed by atoms with E-state index in [4.69, 9.17) is 10.5 Å². The van der Waals surface area contributed by atoms with Gasteiger partial charge in [0.05, 0.1) is 6.61 Å². The fourth-order valence-corrected chi connectivity index (χ4v) is 2.81. The van der Waals surface area contributed by atoms with Gasteiger partial charge in [0, 0.05) is 12.3 Å². The summed E-state index contributed by atoms with van der Waals surface area (Å²) in [7, 11) is 2.79. The van der Waals surface area contributed by atoms with Crippen LogP contribution in [0.4, 0.5) is 5.82 Å². The van der Waals surface area contributed by atoms with Crippen LogP contribution in [0, 0.1) is 5.92 Å². The molecule has 4 nitrogen and oxygen atoms in total. The number of nitrogen functional groups attached to an aromatic ring is 1. The Labute approximate surface area is 175 Å². The Bertz CT molecular complexity index is 567. The summed E-state index contributed by atoms with van der Waals surface area (Å²) in [6.45, 7) is 14.3. The number of allylic oxidation sites excluding steroid dienone is 3. The quantitative estimate of drug-likeness (QED) is 0.471. The molecule has 28 heavy (non-hydrogen) atoms. The number of hydrogen-bond acceptors (Lipinski definition) is 4. The molecular weight excluding hydrogens is 365 g/mol. The van der Waals surface area contributed by atoms with Crippen LogP contribution in [0.1, 0.15) is 59.6 Å². The molecule has 0 bridgehead atoms. The largest absolute Gasteiger partial charge is 0.384 e. The van der Waals surface area contributed by atoms with Crippen LogP contribution in [0.5, 0.6) is 0 Å². The molecule has 1 aromatic heterocycles. The Morgan fingerprint density at radius 1 is 1.29 bits per heavy atom. The Kier molecular flexibility index (Phi) is 17.1. The van der Waals surface area contributed by atoms with Crippen LogP contribution in [0.2, 0.25) is 0 Å². The first-order chi connectivity index (χ1) is 13.6. The first-order valence-corrected chi connectivity index (χ1v) is 11.3. The van der Waals surface area contributed by atoms with Gasteiger partial charge < -0.3 is 15.8 Å². The molecule has 1 aliphatic heterocycles. The maximum absolute atomic E-state index is 5.80. The zero-order valence-corrected chi connectivity index (χ0v) is 19.8. The smallest absolute Gasteiger partial charge is 0.123 e. The number of ether oxygens (including phenoxy) is 1. The van der Waals surface area contributed by atoms with Crippen LogP contribution in [0.3, 0.4) is 0 Å². The van der Waals surface area contributed by atoms with Crippen molar-refractivity contribution in [2.75, 3.05) is 32.0 Å². The fourth-order valence-electron chi connectivity index (χ4n) is 2.59. The zero-order chi connectivity index (χ0) is 21.2. The van der Waals surface area contributed by atoms with Gasteiger partial charge in [-0.3, -0.25) is 0 Å². The summed E-state index contributed by atoms with van der Waals surface area (Å²) in [5, 5.41) is 4.64. The molecule has 1 saturated heterocycles. The van der Waals surface area contributed by atoms with Crippen molar-refractivity contribution in [1.29, 1.82) is 0 Å². The third-order valence-electron chi connectivity index (χ3n) is 4.35. The minimum Gasteiger partial charge on any atom is -0.384 e. The number of piperidine rings is 1. The van der Waals surface area contributed by atoms with E-state index < -0.39 is 0 Å². The second kappa shape index (κ2) is 17.8. The lowest BCUT2D eigenvalue weighted by Gasteiger charge is -2.22. The molecule has 3 N–H and O–H groups in total. The van der Waals surface area contributed by atoms with Crippen molar-refractivity contribution >= 4 is 15.1 Å². The van der Waals surface area contributed by atoms with Gasteiger partial charge >= 0.3 is 0 Å². The molecule has 5 heteroatoms. The Hall–Kier alpha value is -1.22. The van der Waals surface area contributed by atoms with E-state index in [1.165, 1.54) is 23.7 Å². The predicted molar refractivity (Wildman–Crippen MR) is 128 cm³/mol. The van der Waals surface area contributed by atoms with Gasteiger partial charge in [0.2, 0.25) is 0 Å². The topological polar surface area (TPSA) is 60.2 Å². The highest BCUT2D eigenvalue weighted by atomic mass is 31.0. The average molecular weight is 408 g/mol. The fraction of sp³-hybridized carbons (Fsp3) is 0.609. The van der Waals surface area contributed by atoms with Crippen molar-refractivity contribution < 1.29 is 4.74 Å². The monoisotopic (exact) mass is 407 g/mol. The molecule has 1 fully saturated rings. The normalized spacial score (nSPS) is 15.2. The summed E-state index contributed by atoms with van der Waals surface area (Å²) in [5.41, 5.74) is 7.79. The summed E-state index contributed by atoms with van der Waals surface area (Å²) >= 11 is 0. The van der Waals surface area contributed by atoms with E-state index in [1.807, 2.05) is 26.0 Å². The lowest BCUT2D eigenvalue weighted by Crippen LogP contribution is -2.30. The molecule has 0 amide bonds. The highest BCUT2D eigenvalue weighted by Crippen LogP contribution is 2.16. The Balaban J connectivity index is 0.000000556. The molecule has 1 aliphatic rings. The molecule has 160 valence electrons. The number of nitrogens with zero attached hydrogens (tertiary/aromatic N) is 1. The molecule has 2 heterocycles. The SMILES string of the molecule is CC.CC/C=C\C(P)=C(/C)COCC1CCNCC1.CCc1cccc(N)n1. The Morgan fingerprint density at radius 3 is 2.50 bits per heavy atom. The number of aromatic nitrogens is 1. The van der Waals surface area contributed by atoms with E-state index in [0.29, 0.717) is 5.82 Å². The van der Waals surface area contributed by atoms with Gasteiger partial charge in [-0.05, 0) is 74.6 Å². The van der Waals surface area contributed by atoms with E-state index in [2.05, 4.69) is 52.5 Å². The molecule has 1 atom stereocenters. The van der Waals surface area contributed by atoms with Gasteiger partial charge in [0.15, 0.2) is 0 Å². The van der Waals surface area contributed by atoms with Crippen molar-refractivity contribution in [2.24, 2.45) is 5.92 Å². The van der Waals surface area contributed by atoms with Gasteiger partial charge in [-0.2, -0.15) is 0 Å². The van der Waals surface area contributed by atoms with E-state index in [0.717, 1.165) is 50.8 Å². The van der Waals surface area contributed by atoms with Gasteiger partial charge in [-0.15, -0.1) is 9.24 Å². The number of anilines is 1. The lowest BCUT2D eigenvalue weighted by molar-refractivity contribution is 0.104. The maximum atomic E-state index is 5.80. The predicted octanol–water partition coefficient (Wildman–Crippen LogP) is 5.37. The van der Waals surface area contributed by atoms with Crippen LogP contribution in [0.15, 0.2) is 41.2 Å². The van der Waals surface area contributed by atoms with Gasteiger partial charge in [-0.1, -0.05) is 45.9 Å². The molecule has 1 aromatic rings. The van der Waals surface area contributed by atoms with Gasteiger partial charge in [-0.25, -0.2) is 4.98 Å². The maximum Gasteiger partial charge on any atom is 0.123 e.